The standard InChI is InChI=1S/C18H25NSi/c1-14(2)20(15(3)4,16(5)6)12-11-17-7-9-18(13-19)10-8-17/h7-10,14-16H,1-6H3. The summed E-state index contributed by atoms with van der Waals surface area (Å²) < 4.78 is 0. The average molecular weight is 283 g/mol. The van der Waals surface area contributed by atoms with Crippen molar-refractivity contribution in [2.45, 2.75) is 58.2 Å². The quantitative estimate of drug-likeness (QED) is 0.557. The topological polar surface area (TPSA) is 23.8 Å². The van der Waals surface area contributed by atoms with E-state index in [0.717, 1.165) is 5.56 Å². The fourth-order valence-electron chi connectivity index (χ4n) is 3.24. The first-order valence-electron chi connectivity index (χ1n) is 7.38. The molecule has 0 heterocycles. The fourth-order valence-corrected chi connectivity index (χ4v) is 8.47. The minimum Gasteiger partial charge on any atom is -0.192 e. The van der Waals surface area contributed by atoms with E-state index in [1.54, 1.807) is 0 Å². The van der Waals surface area contributed by atoms with Crippen LogP contribution < -0.4 is 0 Å². The van der Waals surface area contributed by atoms with Crippen LogP contribution in [-0.4, -0.2) is 8.07 Å². The Labute approximate surface area is 125 Å². The molecule has 0 saturated heterocycles. The van der Waals surface area contributed by atoms with Crippen molar-refractivity contribution < 1.29 is 0 Å². The summed E-state index contributed by atoms with van der Waals surface area (Å²) in [5.41, 5.74) is 7.34. The third-order valence-corrected chi connectivity index (χ3v) is 10.6. The summed E-state index contributed by atoms with van der Waals surface area (Å²) in [5, 5.41) is 8.83. The summed E-state index contributed by atoms with van der Waals surface area (Å²) in [6.07, 6.45) is 0. The Bertz CT molecular complexity index is 514. The summed E-state index contributed by atoms with van der Waals surface area (Å²) in [7, 11) is -1.66. The van der Waals surface area contributed by atoms with Crippen LogP contribution in [0.4, 0.5) is 0 Å². The van der Waals surface area contributed by atoms with Gasteiger partial charge in [0.25, 0.3) is 0 Å². The van der Waals surface area contributed by atoms with Crippen LogP contribution in [0.3, 0.4) is 0 Å². The highest BCUT2D eigenvalue weighted by Gasteiger charge is 2.41. The van der Waals surface area contributed by atoms with Crippen molar-refractivity contribution in [2.24, 2.45) is 0 Å². The van der Waals surface area contributed by atoms with Gasteiger partial charge in [-0.1, -0.05) is 47.5 Å². The van der Waals surface area contributed by atoms with E-state index in [1.807, 2.05) is 24.3 Å². The Hall–Kier alpha value is -1.51. The third-order valence-electron chi connectivity index (χ3n) is 4.30. The first-order valence-corrected chi connectivity index (χ1v) is 9.61. The number of rotatable bonds is 3. The van der Waals surface area contributed by atoms with Crippen LogP contribution in [0.2, 0.25) is 16.6 Å². The molecular weight excluding hydrogens is 258 g/mol. The van der Waals surface area contributed by atoms with E-state index >= 15 is 0 Å². The van der Waals surface area contributed by atoms with Crippen LogP contribution in [0.25, 0.3) is 0 Å². The molecule has 0 unspecified atom stereocenters. The molecule has 1 aromatic carbocycles. The predicted molar refractivity (Wildman–Crippen MR) is 89.1 cm³/mol. The van der Waals surface area contributed by atoms with Gasteiger partial charge in [0.1, 0.15) is 8.07 Å². The number of hydrogen-bond donors (Lipinski definition) is 0. The second-order valence-corrected chi connectivity index (χ2v) is 11.9. The second kappa shape index (κ2) is 6.78. The lowest BCUT2D eigenvalue weighted by molar-refractivity contribution is 0.838. The molecule has 0 radical (unpaired) electrons. The monoisotopic (exact) mass is 283 g/mol. The van der Waals surface area contributed by atoms with Crippen LogP contribution in [-0.2, 0) is 0 Å². The van der Waals surface area contributed by atoms with Gasteiger partial charge in [-0.25, -0.2) is 0 Å². The molecule has 0 atom stereocenters. The van der Waals surface area contributed by atoms with Crippen LogP contribution in [0, 0.1) is 22.8 Å². The highest BCUT2D eigenvalue weighted by molar-refractivity contribution is 6.90. The van der Waals surface area contributed by atoms with E-state index in [1.165, 1.54) is 0 Å². The van der Waals surface area contributed by atoms with E-state index in [2.05, 4.69) is 59.1 Å². The van der Waals surface area contributed by atoms with Gasteiger partial charge in [0.2, 0.25) is 0 Å². The Balaban J connectivity index is 3.20. The third kappa shape index (κ3) is 3.32. The van der Waals surface area contributed by atoms with Crippen LogP contribution in [0.15, 0.2) is 24.3 Å². The molecule has 0 aliphatic heterocycles. The van der Waals surface area contributed by atoms with Gasteiger partial charge in [-0.2, -0.15) is 5.26 Å². The molecule has 2 heteroatoms. The number of hydrogen-bond acceptors (Lipinski definition) is 1. The Morgan fingerprint density at radius 3 is 1.55 bits per heavy atom. The highest BCUT2D eigenvalue weighted by Crippen LogP contribution is 2.40. The molecule has 0 aliphatic carbocycles. The van der Waals surface area contributed by atoms with Crippen LogP contribution in [0.1, 0.15) is 52.7 Å². The molecule has 0 aromatic heterocycles. The molecule has 0 fully saturated rings. The van der Waals surface area contributed by atoms with Crippen molar-refractivity contribution in [3.8, 4) is 17.5 Å². The summed E-state index contributed by atoms with van der Waals surface area (Å²) >= 11 is 0. The molecule has 20 heavy (non-hydrogen) atoms. The van der Waals surface area contributed by atoms with E-state index in [0.29, 0.717) is 22.2 Å². The molecule has 1 aromatic rings. The molecule has 1 rings (SSSR count). The SMILES string of the molecule is CC(C)[Si](C#Cc1ccc(C#N)cc1)(C(C)C)C(C)C. The molecule has 0 aliphatic rings. The first kappa shape index (κ1) is 16.5. The minimum absolute atomic E-state index is 0.647. The molecule has 0 amide bonds. The largest absolute Gasteiger partial charge is 0.192 e. The molecule has 0 saturated carbocycles. The number of nitrogens with zero attached hydrogens (tertiary/aromatic N) is 1. The van der Waals surface area contributed by atoms with Gasteiger partial charge in [0, 0.05) is 5.56 Å². The summed E-state index contributed by atoms with van der Waals surface area (Å²) in [5.74, 6) is 3.38. The van der Waals surface area contributed by atoms with Gasteiger partial charge in [-0.15, -0.1) is 5.54 Å². The molecule has 106 valence electrons. The van der Waals surface area contributed by atoms with Crippen molar-refractivity contribution in [1.29, 1.82) is 5.26 Å². The zero-order chi connectivity index (χ0) is 15.3. The summed E-state index contributed by atoms with van der Waals surface area (Å²) in [6, 6.07) is 9.72. The van der Waals surface area contributed by atoms with E-state index < -0.39 is 8.07 Å². The molecule has 0 bridgehead atoms. The van der Waals surface area contributed by atoms with Crippen molar-refractivity contribution in [2.75, 3.05) is 0 Å². The zero-order valence-corrected chi connectivity index (χ0v) is 14.5. The smallest absolute Gasteiger partial charge is 0.146 e. The Morgan fingerprint density at radius 1 is 0.800 bits per heavy atom. The van der Waals surface area contributed by atoms with E-state index in [4.69, 9.17) is 5.26 Å². The maximum atomic E-state index is 8.83. The lowest BCUT2D eigenvalue weighted by atomic mass is 10.2. The Kier molecular flexibility index (Phi) is 5.60. The number of nitriles is 1. The minimum atomic E-state index is -1.66. The van der Waals surface area contributed by atoms with Crippen molar-refractivity contribution >= 4 is 8.07 Å². The van der Waals surface area contributed by atoms with Gasteiger partial charge in [-0.05, 0) is 40.9 Å². The average Bonchev–Trinajstić information content (AvgIpc) is 2.38. The normalized spacial score (nSPS) is 11.4. The van der Waals surface area contributed by atoms with Crippen LogP contribution >= 0.6 is 0 Å². The maximum Gasteiger partial charge on any atom is 0.146 e. The van der Waals surface area contributed by atoms with Gasteiger partial charge in [-0.3, -0.25) is 0 Å². The fraction of sp³-hybridized carbons (Fsp3) is 0.500. The number of benzene rings is 1. The Morgan fingerprint density at radius 2 is 1.20 bits per heavy atom. The lowest BCUT2D eigenvalue weighted by Crippen LogP contribution is -2.43. The van der Waals surface area contributed by atoms with Gasteiger partial charge in [0.15, 0.2) is 0 Å². The zero-order valence-electron chi connectivity index (χ0n) is 13.5. The van der Waals surface area contributed by atoms with Crippen molar-refractivity contribution in [1.82, 2.24) is 0 Å². The second-order valence-electron chi connectivity index (χ2n) is 6.34. The van der Waals surface area contributed by atoms with Gasteiger partial charge in [0.05, 0.1) is 11.6 Å². The van der Waals surface area contributed by atoms with Gasteiger partial charge >= 0.3 is 0 Å². The summed E-state index contributed by atoms with van der Waals surface area (Å²) in [6.45, 7) is 13.9. The van der Waals surface area contributed by atoms with Crippen LogP contribution in [0.5, 0.6) is 0 Å². The predicted octanol–water partition coefficient (Wildman–Crippen LogP) is 5.13. The van der Waals surface area contributed by atoms with Gasteiger partial charge < -0.3 is 0 Å². The molecule has 0 N–H and O–H groups in total. The molecule has 1 nitrogen and oxygen atoms in total. The lowest BCUT2D eigenvalue weighted by Gasteiger charge is -2.38. The van der Waals surface area contributed by atoms with Crippen molar-refractivity contribution in [3.63, 3.8) is 0 Å². The summed E-state index contributed by atoms with van der Waals surface area (Å²) in [4.78, 5) is 0. The maximum absolute atomic E-state index is 8.83. The first-order chi connectivity index (χ1) is 9.34. The molecule has 0 spiro atoms. The van der Waals surface area contributed by atoms with E-state index in [9.17, 15) is 0 Å². The molecular formula is C18H25NSi. The van der Waals surface area contributed by atoms with E-state index in [-0.39, 0.29) is 0 Å². The highest BCUT2D eigenvalue weighted by atomic mass is 28.3. The van der Waals surface area contributed by atoms with Crippen molar-refractivity contribution in [3.05, 3.63) is 35.4 Å².